The Morgan fingerprint density at radius 3 is 2.25 bits per heavy atom. The molecule has 0 radical (unpaired) electrons. The Balaban J connectivity index is 1.12. The second-order valence-electron chi connectivity index (χ2n) is 9.35. The van der Waals surface area contributed by atoms with Crippen LogP contribution in [0.2, 0.25) is 0 Å². The van der Waals surface area contributed by atoms with Crippen molar-refractivity contribution < 1.29 is 14.3 Å². The van der Waals surface area contributed by atoms with E-state index >= 15 is 0 Å². The highest BCUT2D eigenvalue weighted by Crippen LogP contribution is 2.39. The van der Waals surface area contributed by atoms with Crippen LogP contribution in [0.15, 0.2) is 109 Å². The standard InChI is InChI=1S/C32H27NO3/c34-31(27-10-7-13-29(23-27)35-28-11-5-2-6-12-28)33-20-18-32(19-21-33)17-16-26-22-25(14-15-30(26)36-32)24-8-3-1-4-9-24/h1-17,22-23H,18-21H2. The van der Waals surface area contributed by atoms with E-state index in [2.05, 4.69) is 54.6 Å². The highest BCUT2D eigenvalue weighted by atomic mass is 16.5. The van der Waals surface area contributed by atoms with Crippen LogP contribution in [0, 0.1) is 0 Å². The van der Waals surface area contributed by atoms with E-state index in [4.69, 9.17) is 9.47 Å². The summed E-state index contributed by atoms with van der Waals surface area (Å²) >= 11 is 0. The monoisotopic (exact) mass is 473 g/mol. The van der Waals surface area contributed by atoms with Crippen molar-refractivity contribution in [1.82, 2.24) is 4.90 Å². The molecule has 1 spiro atoms. The van der Waals surface area contributed by atoms with Gasteiger partial charge in [0, 0.05) is 37.1 Å². The number of fused-ring (bicyclic) bond motifs is 1. The molecule has 0 N–H and O–H groups in total. The van der Waals surface area contributed by atoms with E-state index < -0.39 is 0 Å². The highest BCUT2D eigenvalue weighted by Gasteiger charge is 2.38. The molecule has 1 fully saturated rings. The number of hydrogen-bond acceptors (Lipinski definition) is 3. The zero-order valence-electron chi connectivity index (χ0n) is 20.0. The third-order valence-corrected chi connectivity index (χ3v) is 6.95. The number of likely N-dealkylation sites (tertiary alicyclic amines) is 1. The number of nitrogens with zero attached hydrogens (tertiary/aromatic N) is 1. The lowest BCUT2D eigenvalue weighted by molar-refractivity contribution is 0.0329. The summed E-state index contributed by atoms with van der Waals surface area (Å²) in [6.45, 7) is 1.29. The number of carbonyl (C=O) groups is 1. The van der Waals surface area contributed by atoms with Gasteiger partial charge in [-0.15, -0.1) is 0 Å². The van der Waals surface area contributed by atoms with E-state index in [1.165, 1.54) is 11.1 Å². The van der Waals surface area contributed by atoms with Gasteiger partial charge < -0.3 is 14.4 Å². The smallest absolute Gasteiger partial charge is 0.253 e. The van der Waals surface area contributed by atoms with Crippen LogP contribution in [0.4, 0.5) is 0 Å². The lowest BCUT2D eigenvalue weighted by Crippen LogP contribution is -2.49. The number of piperidine rings is 1. The molecule has 2 aliphatic rings. The second-order valence-corrected chi connectivity index (χ2v) is 9.35. The number of rotatable bonds is 4. The van der Waals surface area contributed by atoms with E-state index in [0.29, 0.717) is 24.4 Å². The predicted octanol–water partition coefficient (Wildman–Crippen LogP) is 7.23. The van der Waals surface area contributed by atoms with Crippen LogP contribution in [0.1, 0.15) is 28.8 Å². The largest absolute Gasteiger partial charge is 0.482 e. The lowest BCUT2D eigenvalue weighted by atomic mass is 9.87. The fourth-order valence-electron chi connectivity index (χ4n) is 4.93. The molecule has 0 aromatic heterocycles. The van der Waals surface area contributed by atoms with Gasteiger partial charge in [0.15, 0.2) is 0 Å². The molecule has 1 saturated heterocycles. The fraction of sp³-hybridized carbons (Fsp3) is 0.156. The Morgan fingerprint density at radius 1 is 0.750 bits per heavy atom. The summed E-state index contributed by atoms with van der Waals surface area (Å²) in [7, 11) is 0. The van der Waals surface area contributed by atoms with Gasteiger partial charge in [-0.05, 0) is 59.7 Å². The van der Waals surface area contributed by atoms with Gasteiger partial charge in [0.2, 0.25) is 0 Å². The van der Waals surface area contributed by atoms with E-state index in [-0.39, 0.29) is 11.5 Å². The van der Waals surface area contributed by atoms with Crippen molar-refractivity contribution in [3.8, 4) is 28.4 Å². The number of hydrogen-bond donors (Lipinski definition) is 0. The molecule has 0 unspecified atom stereocenters. The normalized spacial score (nSPS) is 15.7. The average molecular weight is 474 g/mol. The van der Waals surface area contributed by atoms with Gasteiger partial charge >= 0.3 is 0 Å². The Bertz CT molecular complexity index is 1400. The molecule has 2 aliphatic heterocycles. The molecular formula is C32H27NO3. The highest BCUT2D eigenvalue weighted by molar-refractivity contribution is 5.94. The van der Waals surface area contributed by atoms with Crippen molar-refractivity contribution in [3.63, 3.8) is 0 Å². The number of amides is 1. The zero-order valence-corrected chi connectivity index (χ0v) is 20.0. The molecule has 0 saturated carbocycles. The van der Waals surface area contributed by atoms with Gasteiger partial charge in [-0.3, -0.25) is 4.79 Å². The molecule has 36 heavy (non-hydrogen) atoms. The maximum absolute atomic E-state index is 13.3. The van der Waals surface area contributed by atoms with Crippen LogP contribution < -0.4 is 9.47 Å². The SMILES string of the molecule is O=C(c1cccc(Oc2ccccc2)c1)N1CCC2(C=Cc3cc(-c4ccccc4)ccc3O2)CC1. The summed E-state index contributed by atoms with van der Waals surface area (Å²) in [4.78, 5) is 15.2. The van der Waals surface area contributed by atoms with E-state index in [1.807, 2.05) is 65.6 Å². The Morgan fingerprint density at radius 2 is 1.47 bits per heavy atom. The molecule has 1 amide bonds. The minimum absolute atomic E-state index is 0.0241. The lowest BCUT2D eigenvalue weighted by Gasteiger charge is -2.42. The van der Waals surface area contributed by atoms with Crippen molar-refractivity contribution in [2.45, 2.75) is 18.4 Å². The van der Waals surface area contributed by atoms with Gasteiger partial charge in [0.25, 0.3) is 5.91 Å². The van der Waals surface area contributed by atoms with Gasteiger partial charge in [0.1, 0.15) is 22.8 Å². The molecule has 6 rings (SSSR count). The minimum atomic E-state index is -0.365. The first-order valence-electron chi connectivity index (χ1n) is 12.4. The number of ether oxygens (including phenoxy) is 2. The summed E-state index contributed by atoms with van der Waals surface area (Å²) in [5.74, 6) is 2.34. The van der Waals surface area contributed by atoms with Crippen LogP contribution in [-0.4, -0.2) is 29.5 Å². The van der Waals surface area contributed by atoms with Crippen molar-refractivity contribution in [2.24, 2.45) is 0 Å². The third kappa shape index (κ3) is 4.50. The van der Waals surface area contributed by atoms with Crippen molar-refractivity contribution in [2.75, 3.05) is 13.1 Å². The maximum atomic E-state index is 13.3. The molecule has 0 bridgehead atoms. The van der Waals surface area contributed by atoms with E-state index in [1.54, 1.807) is 0 Å². The van der Waals surface area contributed by atoms with Crippen LogP contribution >= 0.6 is 0 Å². The van der Waals surface area contributed by atoms with Gasteiger partial charge in [-0.1, -0.05) is 66.7 Å². The van der Waals surface area contributed by atoms with Gasteiger partial charge in [-0.2, -0.15) is 0 Å². The number of carbonyl (C=O) groups excluding carboxylic acids is 1. The quantitative estimate of drug-likeness (QED) is 0.314. The Labute approximate surface area is 211 Å². The molecule has 0 atom stereocenters. The molecule has 4 aromatic rings. The number of para-hydroxylation sites is 1. The third-order valence-electron chi connectivity index (χ3n) is 6.95. The van der Waals surface area contributed by atoms with Crippen LogP contribution in [0.25, 0.3) is 17.2 Å². The fourth-order valence-corrected chi connectivity index (χ4v) is 4.93. The summed E-state index contributed by atoms with van der Waals surface area (Å²) in [6.07, 6.45) is 5.87. The van der Waals surface area contributed by atoms with Crippen LogP contribution in [0.3, 0.4) is 0 Å². The zero-order chi connectivity index (χ0) is 24.4. The summed E-state index contributed by atoms with van der Waals surface area (Å²) in [5, 5.41) is 0. The molecule has 4 aromatic carbocycles. The van der Waals surface area contributed by atoms with Gasteiger partial charge in [0.05, 0.1) is 0 Å². The second kappa shape index (κ2) is 9.38. The number of benzene rings is 4. The molecule has 4 nitrogen and oxygen atoms in total. The Kier molecular flexibility index (Phi) is 5.78. The topological polar surface area (TPSA) is 38.8 Å². The first kappa shape index (κ1) is 22.2. The predicted molar refractivity (Wildman–Crippen MR) is 142 cm³/mol. The average Bonchev–Trinajstić information content (AvgIpc) is 2.94. The molecule has 2 heterocycles. The van der Waals surface area contributed by atoms with Gasteiger partial charge in [-0.25, -0.2) is 0 Å². The summed E-state index contributed by atoms with van der Waals surface area (Å²) in [5.41, 5.74) is 3.74. The van der Waals surface area contributed by atoms with Crippen molar-refractivity contribution in [3.05, 3.63) is 120 Å². The maximum Gasteiger partial charge on any atom is 0.253 e. The van der Waals surface area contributed by atoms with Crippen LogP contribution in [-0.2, 0) is 0 Å². The van der Waals surface area contributed by atoms with Crippen molar-refractivity contribution >= 4 is 12.0 Å². The van der Waals surface area contributed by atoms with E-state index in [0.717, 1.165) is 29.9 Å². The molecular weight excluding hydrogens is 446 g/mol. The molecule has 0 aliphatic carbocycles. The molecule has 4 heteroatoms. The Hall–Kier alpha value is -4.31. The minimum Gasteiger partial charge on any atom is -0.482 e. The van der Waals surface area contributed by atoms with Crippen molar-refractivity contribution in [1.29, 1.82) is 0 Å². The summed E-state index contributed by atoms with van der Waals surface area (Å²) < 4.78 is 12.4. The van der Waals surface area contributed by atoms with E-state index in [9.17, 15) is 4.79 Å². The first-order valence-corrected chi connectivity index (χ1v) is 12.4. The molecule has 178 valence electrons. The summed E-state index contributed by atoms with van der Waals surface area (Å²) in [6, 6.07) is 33.7. The van der Waals surface area contributed by atoms with Crippen LogP contribution in [0.5, 0.6) is 17.2 Å². The first-order chi connectivity index (χ1) is 17.7.